The van der Waals surface area contributed by atoms with E-state index < -0.39 is 23.8 Å². The van der Waals surface area contributed by atoms with Crippen LogP contribution in [0, 0.1) is 0 Å². The van der Waals surface area contributed by atoms with E-state index in [9.17, 15) is 19.2 Å². The van der Waals surface area contributed by atoms with E-state index in [0.29, 0.717) is 22.4 Å². The van der Waals surface area contributed by atoms with Crippen LogP contribution in [-0.4, -0.2) is 28.9 Å². The Morgan fingerprint density at radius 2 is 1.66 bits per heavy atom. The van der Waals surface area contributed by atoms with E-state index >= 15 is 0 Å². The van der Waals surface area contributed by atoms with Crippen molar-refractivity contribution in [3.63, 3.8) is 0 Å². The molecular formula is C25H16Br2N2O6. The molecule has 0 radical (unpaired) electrons. The van der Waals surface area contributed by atoms with Crippen LogP contribution in [0.15, 0.2) is 81.2 Å². The van der Waals surface area contributed by atoms with E-state index in [0.717, 1.165) is 14.9 Å². The topological polar surface area (TPSA) is 113 Å². The number of anilines is 1. The second-order valence-electron chi connectivity index (χ2n) is 7.41. The zero-order valence-corrected chi connectivity index (χ0v) is 21.0. The highest BCUT2D eigenvalue weighted by Gasteiger charge is 2.36. The maximum Gasteiger partial charge on any atom is 0.335 e. The smallest absolute Gasteiger partial charge is 0.335 e. The molecule has 3 aromatic rings. The Labute approximate surface area is 216 Å². The molecule has 0 atom stereocenters. The number of carbonyl (C=O) groups excluding carboxylic acids is 3. The minimum atomic E-state index is -1.14. The summed E-state index contributed by atoms with van der Waals surface area (Å²) in [7, 11) is 0. The second kappa shape index (κ2) is 10.2. The van der Waals surface area contributed by atoms with Gasteiger partial charge in [0, 0.05) is 4.47 Å². The normalized spacial score (nSPS) is 14.7. The summed E-state index contributed by atoms with van der Waals surface area (Å²) in [6, 6.07) is 17.0. The number of nitrogens with one attached hydrogen (secondary N) is 1. The third-order valence-electron chi connectivity index (χ3n) is 5.05. The molecule has 10 heteroatoms. The number of benzene rings is 3. The number of halogens is 2. The number of hydrogen-bond acceptors (Lipinski definition) is 5. The van der Waals surface area contributed by atoms with Crippen molar-refractivity contribution >= 4 is 67.4 Å². The number of carboxylic acids is 1. The number of aromatic carboxylic acids is 1. The Morgan fingerprint density at radius 3 is 2.29 bits per heavy atom. The number of hydrogen-bond donors (Lipinski definition) is 2. The number of rotatable bonds is 6. The Bertz CT molecular complexity index is 1370. The predicted octanol–water partition coefficient (Wildman–Crippen LogP) is 5.16. The molecule has 0 saturated carbocycles. The van der Waals surface area contributed by atoms with E-state index in [4.69, 9.17) is 9.84 Å². The van der Waals surface area contributed by atoms with Crippen LogP contribution in [0.2, 0.25) is 0 Å². The lowest BCUT2D eigenvalue weighted by atomic mass is 10.1. The Kier molecular flexibility index (Phi) is 7.13. The van der Waals surface area contributed by atoms with E-state index in [2.05, 4.69) is 37.2 Å². The molecule has 1 saturated heterocycles. The van der Waals surface area contributed by atoms with Gasteiger partial charge in [-0.3, -0.25) is 14.9 Å². The quantitative estimate of drug-likeness (QED) is 0.299. The van der Waals surface area contributed by atoms with Crippen molar-refractivity contribution in [2.45, 2.75) is 6.61 Å². The average molecular weight is 600 g/mol. The molecule has 0 bridgehead atoms. The number of urea groups is 1. The van der Waals surface area contributed by atoms with Crippen molar-refractivity contribution in [1.82, 2.24) is 5.32 Å². The number of imide groups is 2. The van der Waals surface area contributed by atoms with Gasteiger partial charge in [-0.25, -0.2) is 14.5 Å². The summed E-state index contributed by atoms with van der Waals surface area (Å²) in [6.45, 7) is 0.352. The molecule has 3 aromatic carbocycles. The van der Waals surface area contributed by atoms with Crippen molar-refractivity contribution in [2.75, 3.05) is 4.90 Å². The molecule has 1 fully saturated rings. The van der Waals surface area contributed by atoms with Gasteiger partial charge in [0.15, 0.2) is 0 Å². The Morgan fingerprint density at radius 1 is 0.971 bits per heavy atom. The van der Waals surface area contributed by atoms with Crippen molar-refractivity contribution in [2.24, 2.45) is 0 Å². The summed E-state index contributed by atoms with van der Waals surface area (Å²) in [5.74, 6) is -2.22. The molecule has 2 N–H and O–H groups in total. The molecule has 8 nitrogen and oxygen atoms in total. The molecule has 4 amide bonds. The van der Waals surface area contributed by atoms with Gasteiger partial charge in [-0.15, -0.1) is 0 Å². The summed E-state index contributed by atoms with van der Waals surface area (Å²) in [5, 5.41) is 11.2. The van der Waals surface area contributed by atoms with Crippen molar-refractivity contribution in [3.05, 3.63) is 97.9 Å². The molecule has 1 aliphatic rings. The first-order valence-electron chi connectivity index (χ1n) is 10.1. The van der Waals surface area contributed by atoms with E-state index in [1.807, 2.05) is 24.3 Å². The fourth-order valence-electron chi connectivity index (χ4n) is 3.28. The van der Waals surface area contributed by atoms with Crippen LogP contribution >= 0.6 is 31.9 Å². The van der Waals surface area contributed by atoms with Gasteiger partial charge in [0.05, 0.1) is 15.7 Å². The van der Waals surface area contributed by atoms with Crippen LogP contribution in [0.5, 0.6) is 5.75 Å². The molecule has 0 aliphatic carbocycles. The van der Waals surface area contributed by atoms with E-state index in [1.165, 1.54) is 30.3 Å². The van der Waals surface area contributed by atoms with Crippen LogP contribution in [0.1, 0.15) is 21.5 Å². The highest BCUT2D eigenvalue weighted by atomic mass is 79.9. The molecule has 0 spiro atoms. The molecule has 1 aliphatic heterocycles. The lowest BCUT2D eigenvalue weighted by Crippen LogP contribution is -2.54. The summed E-state index contributed by atoms with van der Waals surface area (Å²) in [5.41, 5.74) is 1.40. The first-order chi connectivity index (χ1) is 16.7. The minimum Gasteiger partial charge on any atom is -0.488 e. The van der Waals surface area contributed by atoms with E-state index in [-0.39, 0.29) is 16.8 Å². The van der Waals surface area contributed by atoms with Crippen LogP contribution in [0.3, 0.4) is 0 Å². The molecule has 35 heavy (non-hydrogen) atoms. The standard InChI is InChI=1S/C25H16Br2N2O6/c26-17-6-1-14(2-7-17)13-35-21-10-3-15(12-20(21)27)11-19-22(30)28-25(34)29(23(19)31)18-8-4-16(5-9-18)24(32)33/h1-12H,13H2,(H,32,33)(H,28,30,34)/b19-11+. The molecular weight excluding hydrogens is 584 g/mol. The zero-order chi connectivity index (χ0) is 25.1. The van der Waals surface area contributed by atoms with E-state index in [1.54, 1.807) is 18.2 Å². The summed E-state index contributed by atoms with van der Waals surface area (Å²) in [4.78, 5) is 49.6. The summed E-state index contributed by atoms with van der Waals surface area (Å²) < 4.78 is 7.43. The minimum absolute atomic E-state index is 0.00208. The molecule has 0 aromatic heterocycles. The molecule has 0 unspecified atom stereocenters. The highest BCUT2D eigenvalue weighted by molar-refractivity contribution is 9.10. The SMILES string of the molecule is O=C1NC(=O)N(c2ccc(C(=O)O)cc2)C(=O)/C1=C/c1ccc(OCc2ccc(Br)cc2)c(Br)c1. The van der Waals surface area contributed by atoms with Crippen molar-refractivity contribution in [3.8, 4) is 5.75 Å². The van der Waals surface area contributed by atoms with Crippen LogP contribution in [0.25, 0.3) is 6.08 Å². The monoisotopic (exact) mass is 598 g/mol. The van der Waals surface area contributed by atoms with Crippen molar-refractivity contribution < 1.29 is 29.0 Å². The Hall–Kier alpha value is -3.76. The fraction of sp³-hybridized carbons (Fsp3) is 0.0400. The lowest BCUT2D eigenvalue weighted by molar-refractivity contribution is -0.122. The van der Waals surface area contributed by atoms with Gasteiger partial charge < -0.3 is 9.84 Å². The first-order valence-corrected chi connectivity index (χ1v) is 11.7. The van der Waals surface area contributed by atoms with Gasteiger partial charge in [-0.1, -0.05) is 34.1 Å². The summed E-state index contributed by atoms with van der Waals surface area (Å²) >= 11 is 6.83. The van der Waals surface area contributed by atoms with Gasteiger partial charge in [-0.05, 0) is 81.7 Å². The first kappa shape index (κ1) is 24.4. The number of amides is 4. The summed E-state index contributed by atoms with van der Waals surface area (Å²) in [6.07, 6.45) is 1.37. The van der Waals surface area contributed by atoms with Crippen LogP contribution in [-0.2, 0) is 16.2 Å². The predicted molar refractivity (Wildman–Crippen MR) is 135 cm³/mol. The Balaban J connectivity index is 1.55. The average Bonchev–Trinajstić information content (AvgIpc) is 2.82. The fourth-order valence-corrected chi connectivity index (χ4v) is 4.05. The van der Waals surface area contributed by atoms with Gasteiger partial charge >= 0.3 is 12.0 Å². The molecule has 176 valence electrons. The molecule has 4 rings (SSSR count). The number of carboxylic acid groups (broad SMARTS) is 1. The number of ether oxygens (including phenoxy) is 1. The third kappa shape index (κ3) is 5.50. The second-order valence-corrected chi connectivity index (χ2v) is 9.18. The van der Waals surface area contributed by atoms with Crippen molar-refractivity contribution in [1.29, 1.82) is 0 Å². The lowest BCUT2D eigenvalue weighted by Gasteiger charge is -2.26. The maximum atomic E-state index is 13.0. The third-order valence-corrected chi connectivity index (χ3v) is 6.20. The maximum absolute atomic E-state index is 13.0. The largest absolute Gasteiger partial charge is 0.488 e. The zero-order valence-electron chi connectivity index (χ0n) is 17.8. The highest BCUT2D eigenvalue weighted by Crippen LogP contribution is 2.29. The number of carbonyl (C=O) groups is 4. The van der Waals surface area contributed by atoms with Crippen LogP contribution < -0.4 is 15.0 Å². The van der Waals surface area contributed by atoms with Gasteiger partial charge in [0.2, 0.25) is 0 Å². The number of nitrogens with zero attached hydrogens (tertiary/aromatic N) is 1. The van der Waals surface area contributed by atoms with Gasteiger partial charge in [-0.2, -0.15) is 0 Å². The van der Waals surface area contributed by atoms with Crippen LogP contribution in [0.4, 0.5) is 10.5 Å². The molecule has 1 heterocycles. The number of barbiturate groups is 1. The van der Waals surface area contributed by atoms with Gasteiger partial charge in [0.25, 0.3) is 11.8 Å². The van der Waals surface area contributed by atoms with Gasteiger partial charge in [0.1, 0.15) is 17.9 Å².